The molecule has 22 heteroatoms. The summed E-state index contributed by atoms with van der Waals surface area (Å²) in [5.41, 5.74) is 7.00. The molecule has 6 aromatic carbocycles. The Hall–Kier alpha value is -7.60. The maximum Gasteiger partial charge on any atom is 0.311 e. The number of fused-ring (bicyclic) bond motifs is 2. The topological polar surface area (TPSA) is 241 Å². The third-order valence-electron chi connectivity index (χ3n) is 16.1. The highest BCUT2D eigenvalue weighted by atomic mass is 32.2. The molecule has 0 fully saturated rings. The van der Waals surface area contributed by atoms with Crippen molar-refractivity contribution in [1.82, 2.24) is 0 Å². The van der Waals surface area contributed by atoms with Crippen LogP contribution in [0.3, 0.4) is 0 Å². The average Bonchev–Trinajstić information content (AvgIpc) is 1.78. The van der Waals surface area contributed by atoms with Gasteiger partial charge in [0, 0.05) is 36.8 Å². The quantitative estimate of drug-likeness (QED) is 0.0213. The largest absolute Gasteiger partial charge is 0.744 e. The fourth-order valence-corrected chi connectivity index (χ4v) is 12.1. The number of nitrogens with zero attached hydrogens (tertiary/aromatic N) is 2. The van der Waals surface area contributed by atoms with Crippen molar-refractivity contribution >= 4 is 32.2 Å². The Kier molecular flexibility index (Phi) is 25.1. The Bertz CT molecular complexity index is 3230. The third kappa shape index (κ3) is 18.7. The number of quaternary nitrogens is 2. The van der Waals surface area contributed by atoms with Crippen LogP contribution in [0.15, 0.2) is 131 Å². The first kappa shape index (κ1) is 68.5. The highest BCUT2D eigenvalue weighted by Crippen LogP contribution is 2.45. The monoisotopic (exact) mass is 1240 g/mol. The molecule has 2 aliphatic heterocycles. The first-order chi connectivity index (χ1) is 41.6. The summed E-state index contributed by atoms with van der Waals surface area (Å²) in [7, 11) is 9.11. The van der Waals surface area contributed by atoms with Crippen molar-refractivity contribution in [3.8, 4) is 46.0 Å². The molecule has 0 saturated heterocycles. The van der Waals surface area contributed by atoms with Gasteiger partial charge in [-0.05, 0) is 114 Å². The molecule has 0 amide bonds. The van der Waals surface area contributed by atoms with Crippen molar-refractivity contribution in [3.63, 3.8) is 0 Å². The summed E-state index contributed by atoms with van der Waals surface area (Å²) in [6.07, 6.45) is 5.85. The lowest BCUT2D eigenvalue weighted by Gasteiger charge is -2.46. The van der Waals surface area contributed by atoms with Crippen LogP contribution in [0, 0.1) is 0 Å². The number of rotatable bonds is 26. The Balaban J connectivity index is 0.000000507. The number of unbranched alkanes of at least 4 members (excludes halogenated alkanes) is 2. The molecule has 0 aliphatic carbocycles. The van der Waals surface area contributed by atoms with E-state index in [0.29, 0.717) is 107 Å². The third-order valence-corrected chi connectivity index (χ3v) is 17.8. The first-order valence-electron chi connectivity index (χ1n) is 28.5. The van der Waals surface area contributed by atoms with E-state index in [9.17, 15) is 35.5 Å². The number of likely N-dealkylation sites (N-methyl/N-ethyl adjacent to an activating group) is 2. The molecule has 4 atom stereocenters. The van der Waals surface area contributed by atoms with Gasteiger partial charge in [0.05, 0.1) is 133 Å². The molecule has 0 radical (unpaired) electrons. The van der Waals surface area contributed by atoms with E-state index in [1.807, 2.05) is 24.3 Å². The second-order valence-corrected chi connectivity index (χ2v) is 24.3. The van der Waals surface area contributed by atoms with E-state index in [2.05, 4.69) is 50.5 Å². The van der Waals surface area contributed by atoms with Crippen LogP contribution >= 0.6 is 0 Å². The molecule has 0 aromatic heterocycles. The Morgan fingerprint density at radius 1 is 0.437 bits per heavy atom. The fourth-order valence-electron chi connectivity index (χ4n) is 11.1. The zero-order valence-corrected chi connectivity index (χ0v) is 53.0. The zero-order valence-electron chi connectivity index (χ0n) is 51.4. The van der Waals surface area contributed by atoms with Gasteiger partial charge in [0.1, 0.15) is 32.3 Å². The molecule has 20 nitrogen and oxygen atoms in total. The SMILES string of the molecule is COc1ccc(C[C@H]2c3cc(OC)c(OC)cc3CC[N@+]2(C)CCC(=O)OCCCCCOC(=O)CC[N@+]2(C)CCc3cc(OC)c(OC)cc3[C@@H]2Cc2ccc(OC)c(OC)c2)cc1OC.O=S(=O)([O-])c1ccccc1.O=S(=O)([O-])c1ccccc1. The summed E-state index contributed by atoms with van der Waals surface area (Å²) in [5.74, 6) is 5.06. The lowest BCUT2D eigenvalue weighted by atomic mass is 9.86. The van der Waals surface area contributed by atoms with Crippen molar-refractivity contribution in [2.45, 2.75) is 79.7 Å². The van der Waals surface area contributed by atoms with Crippen molar-refractivity contribution in [2.24, 2.45) is 0 Å². The summed E-state index contributed by atoms with van der Waals surface area (Å²) in [6.45, 7) is 3.57. The molecule has 6 aromatic rings. The summed E-state index contributed by atoms with van der Waals surface area (Å²) in [5, 5.41) is 0. The highest BCUT2D eigenvalue weighted by molar-refractivity contribution is 7.86. The summed E-state index contributed by atoms with van der Waals surface area (Å²) >= 11 is 0. The molecular weight excluding hydrogens is 1160 g/mol. The van der Waals surface area contributed by atoms with Gasteiger partial charge in [-0.3, -0.25) is 9.59 Å². The number of carbonyl (C=O) groups is 2. The summed E-state index contributed by atoms with van der Waals surface area (Å²) < 4.78 is 120. The van der Waals surface area contributed by atoms with E-state index in [1.165, 1.54) is 70.8 Å². The van der Waals surface area contributed by atoms with E-state index < -0.39 is 20.2 Å². The first-order valence-corrected chi connectivity index (χ1v) is 31.3. The Labute approximate surface area is 512 Å². The Morgan fingerprint density at radius 2 is 0.759 bits per heavy atom. The maximum absolute atomic E-state index is 13.2. The molecule has 472 valence electrons. The Morgan fingerprint density at radius 3 is 1.07 bits per heavy atom. The van der Waals surface area contributed by atoms with E-state index in [1.54, 1.807) is 69.0 Å². The smallest absolute Gasteiger partial charge is 0.311 e. The second-order valence-electron chi connectivity index (χ2n) is 21.5. The predicted octanol–water partition coefficient (Wildman–Crippen LogP) is 9.25. The van der Waals surface area contributed by atoms with E-state index >= 15 is 0 Å². The number of esters is 2. The standard InChI is InChI=1S/C53H72N2O12.2C6H6O3S/c1-54(22-18-38-32-48(62-7)50(64-9)34-40(38)42(54)28-36-14-16-44(58-3)46(30-36)60-5)24-20-52(56)66-26-12-11-13-27-67-53(57)21-25-55(2)23-19-39-33-49(63-8)51(65-10)35-41(39)43(55)29-37-15-17-45(59-4)47(31-37)61-6;2*7-10(8,9)6-4-2-1-3-5-6/h14-17,30-35,42-43H,11-13,18-29H2,1-10H3;2*1-5H,(H,7,8,9)/q+2;;/p-2/t42-,43-,54-,55+;;/m0../s1. The molecule has 0 unspecified atom stereocenters. The van der Waals surface area contributed by atoms with Crippen LogP contribution in [-0.4, -0.2) is 157 Å². The lowest BCUT2D eigenvalue weighted by molar-refractivity contribution is -0.940. The fraction of sp³-hybridized carbons (Fsp3) is 0.415. The van der Waals surface area contributed by atoms with Gasteiger partial charge in [0.2, 0.25) is 0 Å². The zero-order chi connectivity index (χ0) is 63.4. The predicted molar refractivity (Wildman–Crippen MR) is 324 cm³/mol. The minimum absolute atomic E-state index is 0.0393. The van der Waals surface area contributed by atoms with Crippen molar-refractivity contribution in [3.05, 3.63) is 155 Å². The second kappa shape index (κ2) is 31.9. The van der Waals surface area contributed by atoms with Crippen LogP contribution in [0.2, 0.25) is 0 Å². The van der Waals surface area contributed by atoms with Crippen LogP contribution in [0.5, 0.6) is 46.0 Å². The minimum Gasteiger partial charge on any atom is -0.744 e. The number of hydrogen-bond donors (Lipinski definition) is 0. The number of benzene rings is 6. The lowest BCUT2D eigenvalue weighted by Crippen LogP contribution is -2.53. The van der Waals surface area contributed by atoms with Gasteiger partial charge >= 0.3 is 11.9 Å². The number of hydrogen-bond acceptors (Lipinski definition) is 18. The molecular formula is C65H82N2O18S2. The van der Waals surface area contributed by atoms with Crippen LogP contribution in [0.1, 0.15) is 77.6 Å². The normalized spacial score (nSPS) is 17.7. The van der Waals surface area contributed by atoms with E-state index in [4.69, 9.17) is 47.4 Å². The molecule has 0 saturated carbocycles. The molecule has 8 rings (SSSR count). The van der Waals surface area contributed by atoms with Gasteiger partial charge in [-0.2, -0.15) is 0 Å². The van der Waals surface area contributed by atoms with Crippen LogP contribution in [-0.2, 0) is 65.0 Å². The van der Waals surface area contributed by atoms with Crippen molar-refractivity contribution in [1.29, 1.82) is 0 Å². The van der Waals surface area contributed by atoms with Crippen molar-refractivity contribution in [2.75, 3.05) is 110 Å². The minimum atomic E-state index is -4.25. The average molecular weight is 1240 g/mol. The van der Waals surface area contributed by atoms with E-state index in [0.717, 1.165) is 56.3 Å². The summed E-state index contributed by atoms with van der Waals surface area (Å²) in [6, 6.07) is 34.9. The van der Waals surface area contributed by atoms with Crippen LogP contribution < -0.4 is 37.9 Å². The van der Waals surface area contributed by atoms with E-state index in [-0.39, 0.29) is 33.8 Å². The number of carbonyl (C=O) groups excluding carboxylic acids is 2. The highest BCUT2D eigenvalue weighted by Gasteiger charge is 2.42. The molecule has 0 spiro atoms. The molecule has 0 bridgehead atoms. The van der Waals surface area contributed by atoms with Gasteiger partial charge in [-0.1, -0.05) is 48.5 Å². The number of ether oxygens (including phenoxy) is 10. The molecule has 87 heavy (non-hydrogen) atoms. The summed E-state index contributed by atoms with van der Waals surface area (Å²) in [4.78, 5) is 26.0. The van der Waals surface area contributed by atoms with Gasteiger partial charge in [-0.15, -0.1) is 0 Å². The van der Waals surface area contributed by atoms with Gasteiger partial charge in [-0.25, -0.2) is 16.8 Å². The van der Waals surface area contributed by atoms with Gasteiger partial charge in [0.25, 0.3) is 0 Å². The van der Waals surface area contributed by atoms with Crippen LogP contribution in [0.4, 0.5) is 0 Å². The molecule has 2 heterocycles. The van der Waals surface area contributed by atoms with Crippen LogP contribution in [0.25, 0.3) is 0 Å². The maximum atomic E-state index is 13.2. The van der Waals surface area contributed by atoms with Gasteiger partial charge in [0.15, 0.2) is 46.0 Å². The van der Waals surface area contributed by atoms with Crippen molar-refractivity contribution < 1.29 is 91.9 Å². The molecule has 0 N–H and O–H groups in total. The van der Waals surface area contributed by atoms with Gasteiger partial charge < -0.3 is 65.4 Å². The number of methoxy groups -OCH3 is 8. The molecule has 2 aliphatic rings.